The summed E-state index contributed by atoms with van der Waals surface area (Å²) in [5.41, 5.74) is 6.53. The summed E-state index contributed by atoms with van der Waals surface area (Å²) >= 11 is -0.931. The summed E-state index contributed by atoms with van der Waals surface area (Å²) < 4.78 is 0. The molecule has 212 valence electrons. The van der Waals surface area contributed by atoms with Crippen molar-refractivity contribution in [2.75, 3.05) is 0 Å². The molecule has 0 spiro atoms. The fourth-order valence-electron chi connectivity index (χ4n) is 4.42. The summed E-state index contributed by atoms with van der Waals surface area (Å²) in [6.07, 6.45) is 4.30. The zero-order chi connectivity index (χ0) is 28.3. The Balaban J connectivity index is 0.000000682. The number of hydrogen-bond donors (Lipinski definition) is 0. The quantitative estimate of drug-likeness (QED) is 0.190. The van der Waals surface area contributed by atoms with Crippen molar-refractivity contribution in [2.45, 2.75) is 51.4 Å². The van der Waals surface area contributed by atoms with Crippen molar-refractivity contribution < 1.29 is 40.0 Å². The third-order valence-corrected chi connectivity index (χ3v) is 6.60. The van der Waals surface area contributed by atoms with Gasteiger partial charge in [-0.25, -0.2) is 0 Å². The van der Waals surface area contributed by atoms with Gasteiger partial charge in [0.05, 0.1) is 0 Å². The molecule has 0 N–H and O–H groups in total. The second-order valence-electron chi connectivity index (χ2n) is 9.07. The summed E-state index contributed by atoms with van der Waals surface area (Å²) in [5, 5.41) is 17.4. The molecule has 4 nitrogen and oxygen atoms in total. The second-order valence-corrected chi connectivity index (χ2v) is 13.7. The monoisotopic (exact) mass is 678 g/mol. The van der Waals surface area contributed by atoms with Crippen molar-refractivity contribution in [1.29, 1.82) is 10.8 Å². The van der Waals surface area contributed by atoms with Crippen LogP contribution in [0.5, 0.6) is 0 Å². The zero-order valence-electron chi connectivity index (χ0n) is 23.4. The van der Waals surface area contributed by atoms with E-state index in [1.807, 2.05) is 60.7 Å². The molecule has 0 aliphatic rings. The standard InChI is InChI=1S/2C16H17N2.4ClH.Zn/c2*1-2-14(12-13-6-4-3-5-7-13)15-8-10-16(18-17)11-9-15;;;;;/h2*3-11,14H,2,12H2,1H3;4*1H;/q2*+1;;;;;+2/p-4. The molecular formula is C32H34Cl4N4Zn. The van der Waals surface area contributed by atoms with E-state index in [1.54, 1.807) is 0 Å². The minimum absolute atomic E-state index is 0. The van der Waals surface area contributed by atoms with Gasteiger partial charge in [0.25, 0.3) is 0 Å². The number of nitrogens with zero attached hydrogens (tertiary/aromatic N) is 4. The number of halogens is 4. The van der Waals surface area contributed by atoms with Crippen LogP contribution in [0.2, 0.25) is 0 Å². The van der Waals surface area contributed by atoms with E-state index in [-0.39, 0.29) is 24.8 Å². The first-order valence-electron chi connectivity index (χ1n) is 13.2. The number of rotatable bonds is 8. The van der Waals surface area contributed by atoms with Crippen LogP contribution in [0, 0.1) is 10.8 Å². The summed E-state index contributed by atoms with van der Waals surface area (Å²) in [6.45, 7) is 4.41. The van der Waals surface area contributed by atoms with Crippen LogP contribution >= 0.6 is 19.4 Å². The van der Waals surface area contributed by atoms with Gasteiger partial charge in [-0.15, -0.1) is 0 Å². The van der Waals surface area contributed by atoms with E-state index >= 15 is 0 Å². The van der Waals surface area contributed by atoms with Gasteiger partial charge in [-0.1, -0.05) is 98.8 Å². The van der Waals surface area contributed by atoms with Crippen LogP contribution in [0.4, 0.5) is 11.4 Å². The van der Waals surface area contributed by atoms with Crippen LogP contribution < -0.4 is 24.8 Å². The van der Waals surface area contributed by atoms with E-state index in [2.05, 4.69) is 72.3 Å². The maximum atomic E-state index is 8.68. The van der Waals surface area contributed by atoms with E-state index in [9.17, 15) is 0 Å². The minimum atomic E-state index is -0.931. The van der Waals surface area contributed by atoms with Crippen LogP contribution in [0.3, 0.4) is 0 Å². The molecular weight excluding hydrogens is 648 g/mol. The zero-order valence-corrected chi connectivity index (χ0v) is 29.4. The predicted molar refractivity (Wildman–Crippen MR) is 160 cm³/mol. The number of diazo groups is 2. The Morgan fingerprint density at radius 1 is 0.561 bits per heavy atom. The second kappa shape index (κ2) is 23.1. The van der Waals surface area contributed by atoms with Gasteiger partial charge in [-0.3, -0.25) is 0 Å². The van der Waals surface area contributed by atoms with Gasteiger partial charge in [0.2, 0.25) is 10.8 Å². The Labute approximate surface area is 272 Å². The Morgan fingerprint density at radius 3 is 1.10 bits per heavy atom. The van der Waals surface area contributed by atoms with E-state index in [0.29, 0.717) is 23.2 Å². The third kappa shape index (κ3) is 14.3. The Hall–Kier alpha value is -2.50. The molecule has 4 aromatic carbocycles. The van der Waals surface area contributed by atoms with Crippen molar-refractivity contribution in [3.8, 4) is 0 Å². The SMILES string of the molecule is CCC(Cc1ccccc1)c1ccc([N+]#N)cc1.CCC(Cc1ccccc1)c1ccc([N+]#N)cc1.[Cl-].[Cl-].[Cl][Zn][Cl]. The fourth-order valence-corrected chi connectivity index (χ4v) is 4.42. The van der Waals surface area contributed by atoms with E-state index in [1.165, 1.54) is 22.3 Å². The van der Waals surface area contributed by atoms with Gasteiger partial charge in [-0.05, 0) is 59.8 Å². The Morgan fingerprint density at radius 2 is 0.854 bits per heavy atom. The van der Waals surface area contributed by atoms with Crippen LogP contribution in [-0.2, 0) is 28.0 Å². The normalized spacial score (nSPS) is 10.6. The van der Waals surface area contributed by atoms with E-state index < -0.39 is 15.1 Å². The van der Waals surface area contributed by atoms with Gasteiger partial charge >= 0.3 is 45.9 Å². The topological polar surface area (TPSA) is 56.3 Å². The summed E-state index contributed by atoms with van der Waals surface area (Å²) in [5.74, 6) is 1.03. The van der Waals surface area contributed by atoms with Gasteiger partial charge in [0, 0.05) is 24.3 Å². The van der Waals surface area contributed by atoms with Crippen LogP contribution in [0.1, 0.15) is 60.8 Å². The van der Waals surface area contributed by atoms with Crippen LogP contribution in [-0.4, -0.2) is 0 Å². The first-order valence-corrected chi connectivity index (χ1v) is 21.0. The van der Waals surface area contributed by atoms with Crippen LogP contribution in [0.25, 0.3) is 9.95 Å². The average Bonchev–Trinajstić information content (AvgIpc) is 3.00. The van der Waals surface area contributed by atoms with Gasteiger partial charge in [0.15, 0.2) is 9.95 Å². The summed E-state index contributed by atoms with van der Waals surface area (Å²) in [4.78, 5) is 6.36. The molecule has 0 saturated heterocycles. The average molecular weight is 682 g/mol. The molecule has 41 heavy (non-hydrogen) atoms. The molecule has 9 heteroatoms. The first kappa shape index (κ1) is 38.5. The molecule has 0 radical (unpaired) electrons. The molecule has 0 bridgehead atoms. The molecule has 2 unspecified atom stereocenters. The summed E-state index contributed by atoms with van der Waals surface area (Å²) in [6, 6.07) is 36.7. The molecule has 0 fully saturated rings. The van der Waals surface area contributed by atoms with Crippen molar-refractivity contribution in [3.63, 3.8) is 0 Å². The van der Waals surface area contributed by atoms with Crippen LogP contribution in [0.15, 0.2) is 109 Å². The van der Waals surface area contributed by atoms with Gasteiger partial charge in [0.1, 0.15) is 0 Å². The molecule has 0 saturated carbocycles. The Bertz CT molecular complexity index is 1190. The first-order chi connectivity index (χ1) is 19.1. The van der Waals surface area contributed by atoms with Gasteiger partial charge in [-0.2, -0.15) is 0 Å². The molecule has 0 heterocycles. The van der Waals surface area contributed by atoms with Crippen molar-refractivity contribution in [3.05, 3.63) is 141 Å². The molecule has 2 atom stereocenters. The molecule has 4 aromatic rings. The molecule has 0 amide bonds. The maximum absolute atomic E-state index is 8.68. The van der Waals surface area contributed by atoms with E-state index in [0.717, 1.165) is 25.7 Å². The Kier molecular flexibility index (Phi) is 21.7. The number of hydrogen-bond acceptors (Lipinski definition) is 2. The fraction of sp³-hybridized carbons (Fsp3) is 0.250. The predicted octanol–water partition coefficient (Wildman–Crippen LogP) is 5.20. The third-order valence-electron chi connectivity index (χ3n) is 6.60. The molecule has 4 rings (SSSR count). The summed E-state index contributed by atoms with van der Waals surface area (Å²) in [7, 11) is 9.90. The van der Waals surface area contributed by atoms with E-state index in [4.69, 9.17) is 30.2 Å². The van der Waals surface area contributed by atoms with Crippen molar-refractivity contribution >= 4 is 30.8 Å². The molecule has 0 aromatic heterocycles. The number of benzene rings is 4. The molecule has 0 aliphatic carbocycles. The molecule has 0 aliphatic heterocycles. The van der Waals surface area contributed by atoms with Crippen molar-refractivity contribution in [1.82, 2.24) is 0 Å². The van der Waals surface area contributed by atoms with Gasteiger partial charge < -0.3 is 24.8 Å². The van der Waals surface area contributed by atoms with Crippen molar-refractivity contribution in [2.24, 2.45) is 0 Å².